The smallest absolute Gasteiger partial charge is 0.410 e. The van der Waals surface area contributed by atoms with Gasteiger partial charge in [-0.3, -0.25) is 10.1 Å². The molecule has 2 aromatic carbocycles. The van der Waals surface area contributed by atoms with Crippen LogP contribution in [0.2, 0.25) is 0 Å². The predicted molar refractivity (Wildman–Crippen MR) is 105 cm³/mol. The SMILES string of the molecule is CC=CC(=O)Nc1cccc(OC(=O)Nc2ccc(C(C)(C)C)cc2)c1. The maximum Gasteiger partial charge on any atom is 0.417 e. The number of allylic oxidation sites excluding steroid dienone is 1. The van der Waals surface area contributed by atoms with Crippen molar-refractivity contribution in [2.24, 2.45) is 0 Å². The molecule has 0 aliphatic rings. The third-order valence-corrected chi connectivity index (χ3v) is 3.63. The first-order valence-electron chi connectivity index (χ1n) is 8.41. The molecule has 0 aliphatic heterocycles. The number of hydrogen-bond acceptors (Lipinski definition) is 3. The number of anilines is 2. The molecule has 0 saturated carbocycles. The Hall–Kier alpha value is -3.08. The largest absolute Gasteiger partial charge is 0.417 e. The fourth-order valence-corrected chi connectivity index (χ4v) is 2.28. The molecule has 0 radical (unpaired) electrons. The zero-order valence-electron chi connectivity index (χ0n) is 15.5. The molecule has 0 unspecified atom stereocenters. The van der Waals surface area contributed by atoms with Gasteiger partial charge in [0, 0.05) is 17.4 Å². The molecular weight excluding hydrogens is 328 g/mol. The molecule has 2 amide bonds. The molecule has 2 N–H and O–H groups in total. The van der Waals surface area contributed by atoms with Gasteiger partial charge in [0.1, 0.15) is 5.75 Å². The van der Waals surface area contributed by atoms with Crippen LogP contribution in [-0.2, 0) is 10.2 Å². The van der Waals surface area contributed by atoms with E-state index in [1.54, 1.807) is 37.3 Å². The molecular formula is C21H24N2O3. The highest BCUT2D eigenvalue weighted by Crippen LogP contribution is 2.24. The fraction of sp³-hybridized carbons (Fsp3) is 0.238. The van der Waals surface area contributed by atoms with E-state index in [0.717, 1.165) is 0 Å². The average molecular weight is 352 g/mol. The maximum absolute atomic E-state index is 12.1. The zero-order chi connectivity index (χ0) is 19.2. The van der Waals surface area contributed by atoms with Crippen LogP contribution in [0, 0.1) is 0 Å². The molecule has 0 fully saturated rings. The van der Waals surface area contributed by atoms with Crippen molar-refractivity contribution in [1.82, 2.24) is 0 Å². The highest BCUT2D eigenvalue weighted by molar-refractivity contribution is 5.99. The van der Waals surface area contributed by atoms with Crippen LogP contribution in [-0.4, -0.2) is 12.0 Å². The summed E-state index contributed by atoms with van der Waals surface area (Å²) in [4.78, 5) is 23.6. The molecule has 5 nitrogen and oxygen atoms in total. The van der Waals surface area contributed by atoms with Gasteiger partial charge in [-0.1, -0.05) is 45.0 Å². The predicted octanol–water partition coefficient (Wildman–Crippen LogP) is 5.11. The van der Waals surface area contributed by atoms with Gasteiger partial charge in [0.2, 0.25) is 5.91 Å². The average Bonchev–Trinajstić information content (AvgIpc) is 2.55. The Balaban J connectivity index is 1.98. The van der Waals surface area contributed by atoms with Crippen molar-refractivity contribution in [1.29, 1.82) is 0 Å². The van der Waals surface area contributed by atoms with Gasteiger partial charge in [0.15, 0.2) is 0 Å². The molecule has 0 spiro atoms. The third-order valence-electron chi connectivity index (χ3n) is 3.63. The molecule has 0 saturated heterocycles. The van der Waals surface area contributed by atoms with Crippen molar-refractivity contribution >= 4 is 23.4 Å². The first-order valence-corrected chi connectivity index (χ1v) is 8.41. The lowest BCUT2D eigenvalue weighted by Gasteiger charge is -2.19. The van der Waals surface area contributed by atoms with E-state index in [-0.39, 0.29) is 11.3 Å². The van der Waals surface area contributed by atoms with E-state index in [1.807, 2.05) is 24.3 Å². The minimum Gasteiger partial charge on any atom is -0.410 e. The second-order valence-corrected chi connectivity index (χ2v) is 6.86. The Morgan fingerprint density at radius 1 is 0.962 bits per heavy atom. The van der Waals surface area contributed by atoms with E-state index in [9.17, 15) is 9.59 Å². The van der Waals surface area contributed by atoms with Gasteiger partial charge in [-0.15, -0.1) is 0 Å². The normalized spacial score (nSPS) is 11.2. The number of hydrogen-bond donors (Lipinski definition) is 2. The van der Waals surface area contributed by atoms with Crippen LogP contribution in [0.3, 0.4) is 0 Å². The van der Waals surface area contributed by atoms with Crippen LogP contribution in [0.5, 0.6) is 5.75 Å². The van der Waals surface area contributed by atoms with E-state index >= 15 is 0 Å². The minimum atomic E-state index is -0.592. The monoisotopic (exact) mass is 352 g/mol. The number of carbonyl (C=O) groups is 2. The summed E-state index contributed by atoms with van der Waals surface area (Å²) in [6.45, 7) is 8.15. The van der Waals surface area contributed by atoms with Crippen molar-refractivity contribution in [3.05, 3.63) is 66.2 Å². The minimum absolute atomic E-state index is 0.0525. The van der Waals surface area contributed by atoms with Crippen LogP contribution >= 0.6 is 0 Å². The van der Waals surface area contributed by atoms with Crippen molar-refractivity contribution in [3.63, 3.8) is 0 Å². The molecule has 0 aromatic heterocycles. The van der Waals surface area contributed by atoms with E-state index < -0.39 is 6.09 Å². The van der Waals surface area contributed by atoms with Crippen LogP contribution in [0.1, 0.15) is 33.3 Å². The molecule has 136 valence electrons. The fourth-order valence-electron chi connectivity index (χ4n) is 2.28. The van der Waals surface area contributed by atoms with Gasteiger partial charge in [-0.2, -0.15) is 0 Å². The van der Waals surface area contributed by atoms with Crippen molar-refractivity contribution < 1.29 is 14.3 Å². The van der Waals surface area contributed by atoms with E-state index in [4.69, 9.17) is 4.74 Å². The van der Waals surface area contributed by atoms with E-state index in [1.165, 1.54) is 11.6 Å². The molecule has 0 atom stereocenters. The molecule has 2 aromatic rings. The maximum atomic E-state index is 12.1. The van der Waals surface area contributed by atoms with Crippen LogP contribution in [0.4, 0.5) is 16.2 Å². The number of carbonyl (C=O) groups excluding carboxylic acids is 2. The molecule has 0 bridgehead atoms. The molecule has 26 heavy (non-hydrogen) atoms. The summed E-state index contributed by atoms with van der Waals surface area (Å²) in [5.74, 6) is 0.0973. The Labute approximate surface area is 154 Å². The van der Waals surface area contributed by atoms with Crippen LogP contribution in [0.25, 0.3) is 0 Å². The summed E-state index contributed by atoms with van der Waals surface area (Å²) < 4.78 is 5.28. The molecule has 0 heterocycles. The molecule has 0 aliphatic carbocycles. The quantitative estimate of drug-likeness (QED) is 0.751. The topological polar surface area (TPSA) is 67.4 Å². The van der Waals surface area contributed by atoms with Crippen LogP contribution < -0.4 is 15.4 Å². The first-order chi connectivity index (χ1) is 12.3. The second kappa shape index (κ2) is 8.34. The Morgan fingerprint density at radius 2 is 1.65 bits per heavy atom. The standard InChI is InChI=1S/C21H24N2O3/c1-5-7-19(24)22-17-8-6-9-18(14-17)26-20(25)23-16-12-10-15(11-13-16)21(2,3)4/h5-14H,1-4H3,(H,22,24)(H,23,25). The lowest BCUT2D eigenvalue weighted by Crippen LogP contribution is -2.17. The van der Waals surface area contributed by atoms with E-state index in [0.29, 0.717) is 17.1 Å². The Morgan fingerprint density at radius 3 is 2.27 bits per heavy atom. The molecule has 2 rings (SSSR count). The lowest BCUT2D eigenvalue weighted by atomic mass is 9.87. The number of benzene rings is 2. The van der Waals surface area contributed by atoms with Gasteiger partial charge >= 0.3 is 6.09 Å². The Kier molecular flexibility index (Phi) is 6.17. The van der Waals surface area contributed by atoms with Crippen molar-refractivity contribution in [3.8, 4) is 5.75 Å². The Bertz CT molecular complexity index is 803. The highest BCUT2D eigenvalue weighted by atomic mass is 16.6. The number of amides is 2. The zero-order valence-corrected chi connectivity index (χ0v) is 15.5. The van der Waals surface area contributed by atoms with Gasteiger partial charge in [0.05, 0.1) is 0 Å². The van der Waals surface area contributed by atoms with Crippen molar-refractivity contribution in [2.75, 3.05) is 10.6 Å². The summed E-state index contributed by atoms with van der Waals surface area (Å²) in [7, 11) is 0. The number of ether oxygens (including phenoxy) is 1. The van der Waals surface area contributed by atoms with Gasteiger partial charge in [0.25, 0.3) is 0 Å². The number of nitrogens with one attached hydrogen (secondary N) is 2. The summed E-state index contributed by atoms with van der Waals surface area (Å²) in [5.41, 5.74) is 2.44. The molecule has 5 heteroatoms. The summed E-state index contributed by atoms with van der Waals surface area (Å²) in [5, 5.41) is 5.38. The van der Waals surface area contributed by atoms with Gasteiger partial charge < -0.3 is 10.1 Å². The highest BCUT2D eigenvalue weighted by Gasteiger charge is 2.13. The van der Waals surface area contributed by atoms with E-state index in [2.05, 4.69) is 31.4 Å². The number of rotatable bonds is 4. The summed E-state index contributed by atoms with van der Waals surface area (Å²) in [6.07, 6.45) is 2.47. The van der Waals surface area contributed by atoms with Crippen molar-refractivity contribution in [2.45, 2.75) is 33.1 Å². The first kappa shape index (κ1) is 19.2. The second-order valence-electron chi connectivity index (χ2n) is 6.86. The van der Waals surface area contributed by atoms with Gasteiger partial charge in [-0.05, 0) is 48.2 Å². The van der Waals surface area contributed by atoms with Crippen LogP contribution in [0.15, 0.2) is 60.7 Å². The van der Waals surface area contributed by atoms with Gasteiger partial charge in [-0.25, -0.2) is 4.79 Å². The summed E-state index contributed by atoms with van der Waals surface area (Å²) >= 11 is 0. The third kappa shape index (κ3) is 5.77. The lowest BCUT2D eigenvalue weighted by molar-refractivity contribution is -0.111. The summed E-state index contributed by atoms with van der Waals surface area (Å²) in [6, 6.07) is 14.3.